The molecule has 0 aliphatic rings. The van der Waals surface area contributed by atoms with E-state index in [9.17, 15) is 4.79 Å². The van der Waals surface area contributed by atoms with Gasteiger partial charge in [-0.1, -0.05) is 30.0 Å². The average molecular weight is 404 g/mol. The highest BCUT2D eigenvalue weighted by Gasteiger charge is 2.14. The van der Waals surface area contributed by atoms with Crippen molar-refractivity contribution in [2.24, 2.45) is 0 Å². The molecule has 8 heteroatoms. The molecule has 146 valence electrons. The van der Waals surface area contributed by atoms with Gasteiger partial charge in [-0.05, 0) is 50.6 Å². The van der Waals surface area contributed by atoms with E-state index >= 15 is 0 Å². The molecule has 0 radical (unpaired) electrons. The van der Waals surface area contributed by atoms with Crippen LogP contribution < -0.4 is 5.32 Å². The maximum atomic E-state index is 12.8. The van der Waals surface area contributed by atoms with E-state index in [2.05, 4.69) is 25.4 Å². The summed E-state index contributed by atoms with van der Waals surface area (Å²) < 4.78 is 1.74. The van der Waals surface area contributed by atoms with E-state index in [-0.39, 0.29) is 5.91 Å². The minimum Gasteiger partial charge on any atom is -0.322 e. The number of aromatic nitrogens is 5. The molecule has 0 fully saturated rings. The Morgan fingerprint density at radius 1 is 1.07 bits per heavy atom. The number of hydrogen-bond donors (Lipinski definition) is 1. The van der Waals surface area contributed by atoms with Gasteiger partial charge < -0.3 is 5.32 Å². The number of nitrogens with one attached hydrogen (secondary N) is 1. The van der Waals surface area contributed by atoms with Gasteiger partial charge in [-0.25, -0.2) is 9.50 Å². The minimum absolute atomic E-state index is 0.150. The van der Waals surface area contributed by atoms with Crippen molar-refractivity contribution in [3.05, 3.63) is 76.9 Å². The number of amides is 1. The first-order valence-electron chi connectivity index (χ1n) is 9.15. The van der Waals surface area contributed by atoms with Crippen molar-refractivity contribution in [1.29, 1.82) is 0 Å². The van der Waals surface area contributed by atoms with Crippen LogP contribution >= 0.6 is 11.8 Å². The molecule has 0 bridgehead atoms. The molecule has 29 heavy (non-hydrogen) atoms. The zero-order valence-corrected chi connectivity index (χ0v) is 17.2. The third kappa shape index (κ3) is 4.27. The predicted molar refractivity (Wildman–Crippen MR) is 113 cm³/mol. The van der Waals surface area contributed by atoms with Gasteiger partial charge in [0, 0.05) is 40.3 Å². The number of rotatable bonds is 5. The maximum Gasteiger partial charge on any atom is 0.255 e. The number of thioether (sulfide) groups is 1. The summed E-state index contributed by atoms with van der Waals surface area (Å²) in [5, 5.41) is 8.09. The molecule has 0 aliphatic carbocycles. The van der Waals surface area contributed by atoms with Crippen molar-refractivity contribution in [1.82, 2.24) is 24.6 Å². The van der Waals surface area contributed by atoms with Gasteiger partial charge >= 0.3 is 0 Å². The topological polar surface area (TPSA) is 85.1 Å². The number of carbonyl (C=O) groups is 1. The zero-order chi connectivity index (χ0) is 20.4. The van der Waals surface area contributed by atoms with Crippen LogP contribution in [0.5, 0.6) is 0 Å². The van der Waals surface area contributed by atoms with Crippen molar-refractivity contribution in [2.75, 3.05) is 5.32 Å². The van der Waals surface area contributed by atoms with Crippen molar-refractivity contribution in [3.8, 4) is 0 Å². The summed E-state index contributed by atoms with van der Waals surface area (Å²) in [6.45, 7) is 5.80. The molecule has 0 aliphatic heterocycles. The Kier molecular flexibility index (Phi) is 5.26. The van der Waals surface area contributed by atoms with Crippen LogP contribution in [0.3, 0.4) is 0 Å². The number of fused-ring (bicyclic) bond motifs is 1. The molecule has 0 spiro atoms. The van der Waals surface area contributed by atoms with Gasteiger partial charge in [0.2, 0.25) is 5.16 Å². The van der Waals surface area contributed by atoms with Crippen LogP contribution in [0.1, 0.15) is 33.0 Å². The molecule has 1 amide bonds. The Bertz CT molecular complexity index is 1200. The fraction of sp³-hybridized carbons (Fsp3) is 0.190. The minimum atomic E-state index is -0.150. The zero-order valence-electron chi connectivity index (χ0n) is 16.4. The fourth-order valence-corrected chi connectivity index (χ4v) is 3.86. The first-order chi connectivity index (χ1) is 14.0. The fourth-order valence-electron chi connectivity index (χ4n) is 3.04. The lowest BCUT2D eigenvalue weighted by molar-refractivity contribution is 0.102. The maximum absolute atomic E-state index is 12.8. The number of benzene rings is 1. The highest BCUT2D eigenvalue weighted by Crippen LogP contribution is 2.23. The predicted octanol–water partition coefficient (Wildman–Crippen LogP) is 3.99. The summed E-state index contributed by atoms with van der Waals surface area (Å²) in [7, 11) is 0. The van der Waals surface area contributed by atoms with Gasteiger partial charge in [-0.2, -0.15) is 4.98 Å². The third-order valence-corrected chi connectivity index (χ3v) is 5.26. The van der Waals surface area contributed by atoms with E-state index in [1.165, 1.54) is 11.8 Å². The molecule has 0 saturated heterocycles. The van der Waals surface area contributed by atoms with E-state index in [4.69, 9.17) is 0 Å². The number of anilines is 1. The van der Waals surface area contributed by atoms with Gasteiger partial charge in [-0.3, -0.25) is 9.78 Å². The summed E-state index contributed by atoms with van der Waals surface area (Å²) in [6.07, 6.45) is 1.68. The van der Waals surface area contributed by atoms with Crippen molar-refractivity contribution < 1.29 is 4.79 Å². The first kappa shape index (κ1) is 19.1. The van der Waals surface area contributed by atoms with Crippen LogP contribution in [0.15, 0.2) is 53.8 Å². The SMILES string of the molecule is Cc1cc(NC(=O)c2ccccc2CSc2nc3nc(C)cc(C)n3n2)ccn1. The molecule has 1 N–H and O–H groups in total. The molecule has 4 aromatic rings. The molecular weight excluding hydrogens is 384 g/mol. The van der Waals surface area contributed by atoms with E-state index in [1.807, 2.05) is 57.2 Å². The third-order valence-electron chi connectivity index (χ3n) is 4.37. The summed E-state index contributed by atoms with van der Waals surface area (Å²) in [4.78, 5) is 25.9. The molecule has 0 atom stereocenters. The molecular formula is C21H20N6OS. The quantitative estimate of drug-likeness (QED) is 0.506. The smallest absolute Gasteiger partial charge is 0.255 e. The number of pyridine rings is 1. The lowest BCUT2D eigenvalue weighted by atomic mass is 10.1. The second-order valence-corrected chi connectivity index (χ2v) is 7.67. The Hall–Kier alpha value is -3.26. The van der Waals surface area contributed by atoms with E-state index in [0.717, 1.165) is 28.3 Å². The summed E-state index contributed by atoms with van der Waals surface area (Å²) in [6, 6.07) is 13.1. The van der Waals surface area contributed by atoms with Crippen LogP contribution in [-0.2, 0) is 5.75 Å². The Morgan fingerprint density at radius 3 is 2.72 bits per heavy atom. The number of hydrogen-bond acceptors (Lipinski definition) is 6. The monoisotopic (exact) mass is 404 g/mol. The lowest BCUT2D eigenvalue weighted by Crippen LogP contribution is -2.14. The molecule has 7 nitrogen and oxygen atoms in total. The molecule has 3 aromatic heterocycles. The van der Waals surface area contributed by atoms with Gasteiger partial charge in [0.25, 0.3) is 11.7 Å². The molecule has 4 rings (SSSR count). The number of carbonyl (C=O) groups excluding carboxylic acids is 1. The standard InChI is InChI=1S/C21H20N6OS/c1-13-11-17(8-9-22-13)24-19(28)18-7-5-4-6-16(18)12-29-21-25-20-23-14(2)10-15(3)27(20)26-21/h4-11H,12H2,1-3H3,(H,22,24,28). The highest BCUT2D eigenvalue weighted by atomic mass is 32.2. The number of nitrogens with zero attached hydrogens (tertiary/aromatic N) is 5. The van der Waals surface area contributed by atoms with Crippen molar-refractivity contribution in [3.63, 3.8) is 0 Å². The normalized spacial score (nSPS) is 11.0. The van der Waals surface area contributed by atoms with Crippen LogP contribution in [0.2, 0.25) is 0 Å². The van der Waals surface area contributed by atoms with Gasteiger partial charge in [-0.15, -0.1) is 5.10 Å². The van der Waals surface area contributed by atoms with E-state index in [0.29, 0.717) is 22.3 Å². The van der Waals surface area contributed by atoms with Gasteiger partial charge in [0.05, 0.1) is 0 Å². The van der Waals surface area contributed by atoms with Crippen LogP contribution in [0.25, 0.3) is 5.78 Å². The van der Waals surface area contributed by atoms with E-state index in [1.54, 1.807) is 16.8 Å². The van der Waals surface area contributed by atoms with Crippen molar-refractivity contribution in [2.45, 2.75) is 31.7 Å². The van der Waals surface area contributed by atoms with Crippen molar-refractivity contribution >= 4 is 29.1 Å². The second kappa shape index (κ2) is 8.00. The van der Waals surface area contributed by atoms with Gasteiger partial charge in [0.15, 0.2) is 0 Å². The first-order valence-corrected chi connectivity index (χ1v) is 10.1. The summed E-state index contributed by atoms with van der Waals surface area (Å²) >= 11 is 1.48. The molecule has 3 heterocycles. The largest absolute Gasteiger partial charge is 0.322 e. The lowest BCUT2D eigenvalue weighted by Gasteiger charge is -2.09. The second-order valence-electron chi connectivity index (χ2n) is 6.73. The van der Waals surface area contributed by atoms with Gasteiger partial charge in [0.1, 0.15) is 0 Å². The van der Waals surface area contributed by atoms with Crippen LogP contribution in [-0.4, -0.2) is 30.5 Å². The summed E-state index contributed by atoms with van der Waals surface area (Å²) in [5.41, 5.74) is 5.02. The Morgan fingerprint density at radius 2 is 1.90 bits per heavy atom. The van der Waals surface area contributed by atoms with Crippen LogP contribution in [0, 0.1) is 20.8 Å². The average Bonchev–Trinajstić information content (AvgIpc) is 3.10. The summed E-state index contributed by atoms with van der Waals surface area (Å²) in [5.74, 6) is 1.01. The number of aryl methyl sites for hydroxylation is 3. The van der Waals surface area contributed by atoms with Crippen LogP contribution in [0.4, 0.5) is 5.69 Å². The molecule has 1 aromatic carbocycles. The highest BCUT2D eigenvalue weighted by molar-refractivity contribution is 7.98. The Labute approximate surface area is 172 Å². The molecule has 0 unspecified atom stereocenters. The van der Waals surface area contributed by atoms with E-state index < -0.39 is 0 Å². The Balaban J connectivity index is 1.53. The molecule has 0 saturated carbocycles.